The molecule has 0 radical (unpaired) electrons. The summed E-state index contributed by atoms with van der Waals surface area (Å²) in [6.07, 6.45) is -4.09. The second kappa shape index (κ2) is 56.0. The number of amides is 8. The first-order chi connectivity index (χ1) is 55.8. The predicted octanol–water partition coefficient (Wildman–Crippen LogP) is -3.40. The van der Waals surface area contributed by atoms with Crippen molar-refractivity contribution in [2.45, 2.75) is 120 Å². The molecular formula is C75H121N11O28S2. The number of rotatable bonds is 52. The fourth-order valence-electron chi connectivity index (χ4n) is 12.4. The van der Waals surface area contributed by atoms with Crippen molar-refractivity contribution >= 4 is 98.3 Å². The van der Waals surface area contributed by atoms with E-state index in [0.717, 1.165) is 4.90 Å². The number of fused-ring (bicyclic) bond motifs is 5. The second-order valence-electron chi connectivity index (χ2n) is 27.9. The number of ketones is 2. The first-order valence-electron chi connectivity index (χ1n) is 39.0. The van der Waals surface area contributed by atoms with Crippen molar-refractivity contribution in [2.24, 2.45) is 41.1 Å². The molecule has 2 aromatic rings. The smallest absolute Gasteiger partial charge is 0.304 e. The summed E-state index contributed by atoms with van der Waals surface area (Å²) in [5, 5.41) is 59.4. The molecule has 8 amide bonds. The van der Waals surface area contributed by atoms with Gasteiger partial charge in [-0.25, -0.2) is 0 Å². The van der Waals surface area contributed by atoms with E-state index in [1.165, 1.54) is 32.7 Å². The molecule has 5 rings (SSSR count). The van der Waals surface area contributed by atoms with Crippen LogP contribution in [0.1, 0.15) is 77.3 Å². The van der Waals surface area contributed by atoms with Crippen LogP contribution >= 0.6 is 11.8 Å². The number of Topliss-reactive ketones (excluding diaryl/α,β-unsaturated/α-hetero) is 2. The number of nitrogens with two attached hydrogens (primary N) is 2. The highest BCUT2D eigenvalue weighted by Gasteiger charge is 2.45. The van der Waals surface area contributed by atoms with Gasteiger partial charge in [-0.2, -0.15) is 11.8 Å². The van der Waals surface area contributed by atoms with Gasteiger partial charge in [0.05, 0.1) is 232 Å². The van der Waals surface area contributed by atoms with E-state index in [2.05, 4.69) is 42.2 Å². The van der Waals surface area contributed by atoms with E-state index in [1.807, 2.05) is 0 Å². The van der Waals surface area contributed by atoms with Crippen LogP contribution in [-0.2, 0) is 128 Å². The number of carboxylic acids is 1. The van der Waals surface area contributed by atoms with Crippen molar-refractivity contribution in [3.8, 4) is 5.75 Å². The number of primary amides is 1. The number of aromatic nitrogens is 1. The summed E-state index contributed by atoms with van der Waals surface area (Å²) in [7, 11) is -0.967. The lowest BCUT2D eigenvalue weighted by Crippen LogP contribution is -2.60. The van der Waals surface area contributed by atoms with Crippen LogP contribution in [0.5, 0.6) is 5.75 Å². The minimum atomic E-state index is -2.41. The molecule has 1 saturated heterocycles. The second-order valence-corrected chi connectivity index (χ2v) is 30.4. The lowest BCUT2D eigenvalue weighted by molar-refractivity contribution is -0.144. The van der Waals surface area contributed by atoms with Gasteiger partial charge in [-0.05, 0) is 30.0 Å². The molecule has 3 aliphatic heterocycles. The molecule has 656 valence electrons. The van der Waals surface area contributed by atoms with E-state index in [9.17, 15) is 63.3 Å². The molecular weight excluding hydrogens is 1570 g/mol. The van der Waals surface area contributed by atoms with Gasteiger partial charge in [-0.15, -0.1) is 0 Å². The number of carbonyl (C=O) groups is 11. The molecule has 3 aliphatic rings. The quantitative estimate of drug-likeness (QED) is 0.0287. The van der Waals surface area contributed by atoms with E-state index in [4.69, 9.17) is 73.4 Å². The Morgan fingerprint density at radius 2 is 1.24 bits per heavy atom. The number of carboxylic acid groups (broad SMARTS) is 1. The van der Waals surface area contributed by atoms with Gasteiger partial charge in [-0.3, -0.25) is 56.9 Å². The van der Waals surface area contributed by atoms with Crippen LogP contribution in [0.2, 0.25) is 0 Å². The standard InChI is InChI=1S/C75H121N11O28S2/c1-6-47(2)55-36-52(88)41-80-70(97)50-34-56-54-7-8-63(103-5)57(68(54)85-74(56)116(102)46-59(82-65(93)42-81-71(55)98)72(99)83-58(38-64(77)92)75(101)86-43-53(89)37-60(86)73(100)84-67(61(90)35-50)49(4)62(91)44-87)45-115-32-31-114-30-29-113-28-27-112-26-25-111-24-23-110-22-21-109-20-19-108-18-17-107-16-15-106-14-13-105-12-11-104-10-9-78-39-51(76)40-79-69(96)48(3)33-66(94)95/h7-8,39,47-50,53,55,58-60,62,67,78,85,87,89,91H,6,9-38,40-46,76H2,1-5H3,(H2,77,92)(H,79,96)(H,80,97)(H,81,98)(H,82,93)(H,83,99)(H,84,100)(H,94,95)/b51-39-/t47-,48?,49-,50+,53+,55-,58-,59+,60-,62-,67-,116?/m0/s1. The molecule has 0 spiro atoms. The third-order valence-corrected chi connectivity index (χ3v) is 21.4. The highest BCUT2D eigenvalue weighted by molar-refractivity contribution is 7.98. The number of nitrogens with zero attached hydrogens (tertiary/aromatic N) is 1. The Labute approximate surface area is 681 Å². The number of hydrogen-bond donors (Lipinski definition) is 14. The molecule has 4 heterocycles. The molecule has 1 aromatic heterocycles. The minimum absolute atomic E-state index is 0.0894. The molecule has 0 aliphatic carbocycles. The third-order valence-electron chi connectivity index (χ3n) is 19.1. The Bertz CT molecular complexity index is 3470. The summed E-state index contributed by atoms with van der Waals surface area (Å²) in [5.41, 5.74) is 13.0. The van der Waals surface area contributed by atoms with Crippen molar-refractivity contribution in [3.63, 3.8) is 0 Å². The lowest BCUT2D eigenvalue weighted by atomic mass is 9.85. The number of aromatic amines is 1. The summed E-state index contributed by atoms with van der Waals surface area (Å²) < 4.78 is 82.7. The van der Waals surface area contributed by atoms with Crippen molar-refractivity contribution in [2.75, 3.05) is 203 Å². The number of H-pyrrole nitrogens is 1. The van der Waals surface area contributed by atoms with Crippen LogP contribution in [0, 0.1) is 29.6 Å². The van der Waals surface area contributed by atoms with Gasteiger partial charge in [0, 0.05) is 90.4 Å². The van der Waals surface area contributed by atoms with Gasteiger partial charge >= 0.3 is 5.97 Å². The van der Waals surface area contributed by atoms with E-state index in [1.54, 1.807) is 32.2 Å². The van der Waals surface area contributed by atoms with E-state index in [0.29, 0.717) is 179 Å². The SMILES string of the molecule is CC[C@H](C)[C@@H]1CC(=O)CNC(=O)[C@H]2CC(=O)[C@H]([C@@H](C)[C@@H](O)CO)NC(=O)[C@@H]3C[C@@H](O)CN3C(=O)[C@H](CC(N)=O)NC(=O)[C@@H](CS(=O)c3[nH]c4c(CSCCOCCOCCOCCOCCOCCOCCOCCOCCOCCOCCOCCN/C=C(\N)CNC(=O)C(C)CC(=O)O)c(OC)ccc4c3C2)NC(=O)CNC1=O. The average Bonchev–Trinajstić information content (AvgIpc) is 1.61. The zero-order valence-corrected chi connectivity index (χ0v) is 68.6. The van der Waals surface area contributed by atoms with Crippen LogP contribution in [0.4, 0.5) is 0 Å². The van der Waals surface area contributed by atoms with Gasteiger partial charge in [0.2, 0.25) is 47.3 Å². The lowest BCUT2D eigenvalue weighted by Gasteiger charge is -2.32. The summed E-state index contributed by atoms with van der Waals surface area (Å²) in [6.45, 7) is 12.5. The van der Waals surface area contributed by atoms with Gasteiger partial charge in [0.1, 0.15) is 28.9 Å². The number of aliphatic carboxylic acids is 1. The maximum absolute atomic E-state index is 15.4. The van der Waals surface area contributed by atoms with Gasteiger partial charge in [0.15, 0.2) is 11.6 Å². The minimum Gasteiger partial charge on any atom is -0.496 e. The number of nitrogens with one attached hydrogen (secondary N) is 8. The molecule has 2 unspecified atom stereocenters. The Kier molecular flexibility index (Phi) is 47.8. The molecule has 12 atom stereocenters. The Hall–Kier alpha value is -7.59. The number of thioether (sulfide) groups is 1. The number of benzene rings is 1. The van der Waals surface area contributed by atoms with Crippen molar-refractivity contribution in [3.05, 3.63) is 35.2 Å². The number of hydrogen-bond acceptors (Lipinski definition) is 30. The monoisotopic (exact) mass is 1690 g/mol. The van der Waals surface area contributed by atoms with Crippen molar-refractivity contribution < 1.29 is 134 Å². The van der Waals surface area contributed by atoms with E-state index in [-0.39, 0.29) is 54.8 Å². The molecule has 1 aromatic carbocycles. The summed E-state index contributed by atoms with van der Waals surface area (Å²) in [6, 6.07) is -3.67. The molecule has 2 bridgehead atoms. The summed E-state index contributed by atoms with van der Waals surface area (Å²) in [5.74, 6) is -14.3. The van der Waals surface area contributed by atoms with Gasteiger partial charge in [-0.1, -0.05) is 34.1 Å². The first-order valence-corrected chi connectivity index (χ1v) is 41.5. The molecule has 116 heavy (non-hydrogen) atoms. The van der Waals surface area contributed by atoms with Crippen molar-refractivity contribution in [1.29, 1.82) is 0 Å². The largest absolute Gasteiger partial charge is 0.496 e. The van der Waals surface area contributed by atoms with Crippen LogP contribution in [0.15, 0.2) is 29.1 Å². The predicted molar refractivity (Wildman–Crippen MR) is 419 cm³/mol. The number of aliphatic hydroxyl groups is 3. The fraction of sp³-hybridized carbons (Fsp3) is 0.720. The van der Waals surface area contributed by atoms with E-state index >= 15 is 9.00 Å². The average molecular weight is 1690 g/mol. The zero-order valence-electron chi connectivity index (χ0n) is 67.0. The zero-order chi connectivity index (χ0) is 84.7. The third kappa shape index (κ3) is 36.3. The maximum Gasteiger partial charge on any atom is 0.304 e. The maximum atomic E-state index is 15.4. The molecule has 16 N–H and O–H groups in total. The Morgan fingerprint density at radius 1 is 0.698 bits per heavy atom. The first kappa shape index (κ1) is 99.0. The van der Waals surface area contributed by atoms with E-state index < -0.39 is 193 Å². The van der Waals surface area contributed by atoms with Gasteiger partial charge < -0.3 is 136 Å². The number of methoxy groups -OCH3 is 1. The molecule has 39 nitrogen and oxygen atoms in total. The van der Waals surface area contributed by atoms with Crippen LogP contribution in [0.25, 0.3) is 10.9 Å². The molecule has 1 fully saturated rings. The number of aliphatic hydroxyl groups excluding tert-OH is 3. The highest BCUT2D eigenvalue weighted by atomic mass is 32.2. The normalized spacial score (nSPS) is 21.5. The highest BCUT2D eigenvalue weighted by Crippen LogP contribution is 2.37. The van der Waals surface area contributed by atoms with Gasteiger partial charge in [0.25, 0.3) is 0 Å². The van der Waals surface area contributed by atoms with Crippen LogP contribution in [0.3, 0.4) is 0 Å². The number of carbonyl (C=O) groups excluding carboxylic acids is 10. The van der Waals surface area contributed by atoms with Crippen LogP contribution < -0.4 is 53.4 Å². The molecule has 41 heteroatoms. The van der Waals surface area contributed by atoms with Crippen molar-refractivity contribution in [1.82, 2.24) is 47.1 Å². The van der Waals surface area contributed by atoms with Crippen LogP contribution in [-0.4, -0.2) is 339 Å². The summed E-state index contributed by atoms with van der Waals surface area (Å²) in [4.78, 5) is 155. The fourth-order valence-corrected chi connectivity index (χ4v) is 14.7. The Morgan fingerprint density at radius 3 is 1.77 bits per heavy atom. The molecule has 0 saturated carbocycles. The number of ether oxygens (including phenoxy) is 12. The Balaban J connectivity index is 1.04. The topological polar surface area (TPSA) is 552 Å². The summed E-state index contributed by atoms with van der Waals surface area (Å²) >= 11 is 1.45.